The molecular formula is C21H18Br2. The average molecular weight is 430 g/mol. The molecule has 0 saturated carbocycles. The van der Waals surface area contributed by atoms with Crippen LogP contribution >= 0.6 is 31.9 Å². The largest absolute Gasteiger partial charge is 0.0838 e. The van der Waals surface area contributed by atoms with Crippen LogP contribution in [0.3, 0.4) is 0 Å². The molecule has 116 valence electrons. The Morgan fingerprint density at radius 1 is 0.652 bits per heavy atom. The fourth-order valence-corrected chi connectivity index (χ4v) is 4.91. The summed E-state index contributed by atoms with van der Waals surface area (Å²) in [6.45, 7) is 0. The molecule has 0 spiro atoms. The van der Waals surface area contributed by atoms with Gasteiger partial charge in [-0.25, -0.2) is 0 Å². The van der Waals surface area contributed by atoms with E-state index in [1.165, 1.54) is 16.7 Å². The molecule has 0 aromatic heterocycles. The summed E-state index contributed by atoms with van der Waals surface area (Å²) < 4.78 is -0.223. The molecule has 2 heteroatoms. The van der Waals surface area contributed by atoms with E-state index in [0.717, 1.165) is 6.42 Å². The van der Waals surface area contributed by atoms with Crippen LogP contribution in [0.15, 0.2) is 91.0 Å². The van der Waals surface area contributed by atoms with E-state index in [4.69, 9.17) is 0 Å². The first kappa shape index (κ1) is 16.5. The van der Waals surface area contributed by atoms with E-state index in [9.17, 15) is 0 Å². The van der Waals surface area contributed by atoms with Gasteiger partial charge in [0.1, 0.15) is 0 Å². The second kappa shape index (κ2) is 7.46. The van der Waals surface area contributed by atoms with Crippen LogP contribution in [0.2, 0.25) is 0 Å². The van der Waals surface area contributed by atoms with Gasteiger partial charge >= 0.3 is 0 Å². The topological polar surface area (TPSA) is 0 Å². The van der Waals surface area contributed by atoms with Crippen LogP contribution in [-0.4, -0.2) is 0 Å². The smallest absolute Gasteiger partial charge is 0.0768 e. The molecule has 0 bridgehead atoms. The van der Waals surface area contributed by atoms with Crippen molar-refractivity contribution in [2.75, 3.05) is 0 Å². The molecule has 0 amide bonds. The molecular weight excluding hydrogens is 412 g/mol. The summed E-state index contributed by atoms with van der Waals surface area (Å²) in [4.78, 5) is 0.267. The van der Waals surface area contributed by atoms with Gasteiger partial charge in [-0.3, -0.25) is 0 Å². The van der Waals surface area contributed by atoms with Crippen molar-refractivity contribution in [1.82, 2.24) is 0 Å². The Labute approximate surface area is 154 Å². The Morgan fingerprint density at radius 3 is 1.48 bits per heavy atom. The molecule has 3 aromatic carbocycles. The molecule has 0 saturated heterocycles. The second-order valence-electron chi connectivity index (χ2n) is 5.62. The normalized spacial score (nSPS) is 12.8. The van der Waals surface area contributed by atoms with Crippen LogP contribution in [0.1, 0.15) is 27.9 Å². The Morgan fingerprint density at radius 2 is 1.04 bits per heavy atom. The van der Waals surface area contributed by atoms with Gasteiger partial charge in [0.05, 0.1) is 4.32 Å². The van der Waals surface area contributed by atoms with Gasteiger partial charge < -0.3 is 0 Å². The summed E-state index contributed by atoms with van der Waals surface area (Å²) in [5.74, 6) is 0. The molecule has 1 unspecified atom stereocenters. The Bertz CT molecular complexity index is 684. The molecule has 0 radical (unpaired) electrons. The minimum Gasteiger partial charge on any atom is -0.0838 e. The number of hydrogen-bond acceptors (Lipinski definition) is 0. The van der Waals surface area contributed by atoms with Crippen molar-refractivity contribution in [2.45, 2.75) is 15.6 Å². The highest BCUT2D eigenvalue weighted by atomic mass is 79.9. The fourth-order valence-electron chi connectivity index (χ4n) is 2.83. The fraction of sp³-hybridized carbons (Fsp3) is 0.143. The van der Waals surface area contributed by atoms with Gasteiger partial charge in [-0.05, 0) is 23.1 Å². The predicted octanol–water partition coefficient (Wildman–Crippen LogP) is 6.85. The van der Waals surface area contributed by atoms with Crippen LogP contribution < -0.4 is 0 Å². The van der Waals surface area contributed by atoms with Crippen LogP contribution in [0.25, 0.3) is 0 Å². The molecule has 23 heavy (non-hydrogen) atoms. The molecule has 1 atom stereocenters. The first-order valence-electron chi connectivity index (χ1n) is 7.69. The summed E-state index contributed by atoms with van der Waals surface area (Å²) >= 11 is 7.96. The van der Waals surface area contributed by atoms with Gasteiger partial charge in [0.25, 0.3) is 0 Å². The third-order valence-electron chi connectivity index (χ3n) is 4.08. The Hall–Kier alpha value is -1.38. The van der Waals surface area contributed by atoms with E-state index >= 15 is 0 Å². The summed E-state index contributed by atoms with van der Waals surface area (Å²) in [5.41, 5.74) is 3.83. The average Bonchev–Trinajstić information content (AvgIpc) is 2.64. The van der Waals surface area contributed by atoms with E-state index in [0.29, 0.717) is 0 Å². The van der Waals surface area contributed by atoms with Crippen LogP contribution in [0.5, 0.6) is 0 Å². The van der Waals surface area contributed by atoms with Gasteiger partial charge in [-0.1, -0.05) is 123 Å². The number of hydrogen-bond donors (Lipinski definition) is 0. The molecule has 0 aliphatic rings. The first-order valence-corrected chi connectivity index (χ1v) is 9.40. The molecule has 0 fully saturated rings. The van der Waals surface area contributed by atoms with Crippen LogP contribution in [0, 0.1) is 0 Å². The van der Waals surface area contributed by atoms with E-state index < -0.39 is 0 Å². The van der Waals surface area contributed by atoms with E-state index in [2.05, 4.69) is 123 Å². The van der Waals surface area contributed by atoms with Crippen LogP contribution in [0.4, 0.5) is 0 Å². The highest BCUT2D eigenvalue weighted by Crippen LogP contribution is 2.47. The van der Waals surface area contributed by atoms with Crippen molar-refractivity contribution in [2.24, 2.45) is 0 Å². The zero-order valence-corrected chi connectivity index (χ0v) is 15.9. The maximum Gasteiger partial charge on any atom is 0.0768 e. The molecule has 0 nitrogen and oxygen atoms in total. The van der Waals surface area contributed by atoms with Gasteiger partial charge in [-0.15, -0.1) is 0 Å². The molecule has 3 rings (SSSR count). The standard InChI is InChI=1S/C21H18Br2/c22-20(17-10-4-1-5-11-17)16-21(23,18-12-6-2-7-13-18)19-14-8-3-9-15-19/h1-15,20H,16H2. The molecule has 0 aliphatic heterocycles. The molecule has 0 aliphatic carbocycles. The quantitative estimate of drug-likeness (QED) is 0.389. The maximum absolute atomic E-state index is 4.07. The van der Waals surface area contributed by atoms with Crippen molar-refractivity contribution in [3.05, 3.63) is 108 Å². The monoisotopic (exact) mass is 428 g/mol. The number of benzene rings is 3. The summed E-state index contributed by atoms with van der Waals surface area (Å²) in [7, 11) is 0. The lowest BCUT2D eigenvalue weighted by Crippen LogP contribution is -2.21. The van der Waals surface area contributed by atoms with E-state index in [-0.39, 0.29) is 9.15 Å². The van der Waals surface area contributed by atoms with Crippen molar-refractivity contribution < 1.29 is 0 Å². The minimum absolute atomic E-state index is 0.223. The van der Waals surface area contributed by atoms with E-state index in [1.54, 1.807) is 0 Å². The maximum atomic E-state index is 4.07. The van der Waals surface area contributed by atoms with Crippen molar-refractivity contribution >= 4 is 31.9 Å². The van der Waals surface area contributed by atoms with Gasteiger partial charge in [0, 0.05) is 4.83 Å². The first-order chi connectivity index (χ1) is 11.2. The zero-order valence-electron chi connectivity index (χ0n) is 12.7. The lowest BCUT2D eigenvalue weighted by atomic mass is 9.86. The van der Waals surface area contributed by atoms with Crippen molar-refractivity contribution in [1.29, 1.82) is 0 Å². The van der Waals surface area contributed by atoms with Gasteiger partial charge in [-0.2, -0.15) is 0 Å². The number of halogens is 2. The second-order valence-corrected chi connectivity index (χ2v) is 8.07. The number of alkyl halides is 2. The molecule has 0 heterocycles. The Kier molecular flexibility index (Phi) is 5.34. The lowest BCUT2D eigenvalue weighted by Gasteiger charge is -2.31. The summed E-state index contributed by atoms with van der Waals surface area (Å²) in [5, 5.41) is 0. The lowest BCUT2D eigenvalue weighted by molar-refractivity contribution is 0.668. The minimum atomic E-state index is -0.223. The third kappa shape index (κ3) is 3.76. The highest BCUT2D eigenvalue weighted by Gasteiger charge is 2.33. The molecule has 3 aromatic rings. The van der Waals surface area contributed by atoms with Gasteiger partial charge in [0.15, 0.2) is 0 Å². The van der Waals surface area contributed by atoms with Crippen molar-refractivity contribution in [3.63, 3.8) is 0 Å². The third-order valence-corrected chi connectivity index (χ3v) is 6.18. The SMILES string of the molecule is BrC(CC(Br)(c1ccccc1)c1ccccc1)c1ccccc1. The van der Waals surface area contributed by atoms with Crippen LogP contribution in [-0.2, 0) is 4.32 Å². The summed E-state index contributed by atoms with van der Waals surface area (Å²) in [6, 6.07) is 31.8. The highest BCUT2D eigenvalue weighted by molar-refractivity contribution is 9.10. The zero-order chi connectivity index (χ0) is 16.1. The van der Waals surface area contributed by atoms with E-state index in [1.807, 2.05) is 0 Å². The van der Waals surface area contributed by atoms with Gasteiger partial charge in [0.2, 0.25) is 0 Å². The molecule has 0 N–H and O–H groups in total. The van der Waals surface area contributed by atoms with Crippen molar-refractivity contribution in [3.8, 4) is 0 Å². The Balaban J connectivity index is 2.00. The number of rotatable bonds is 5. The predicted molar refractivity (Wildman–Crippen MR) is 105 cm³/mol. The summed E-state index contributed by atoms with van der Waals surface area (Å²) in [6.07, 6.45) is 0.922.